The van der Waals surface area contributed by atoms with Crippen molar-refractivity contribution in [1.29, 1.82) is 0 Å². The lowest BCUT2D eigenvalue weighted by Gasteiger charge is -2.26. The number of rotatable bonds is 3. The number of thiophene rings is 1. The first-order valence-electron chi connectivity index (χ1n) is 5.75. The minimum absolute atomic E-state index is 0.203. The first kappa shape index (κ1) is 12.2. The molecule has 0 saturated carbocycles. The highest BCUT2D eigenvalue weighted by atomic mass is 79.9. The van der Waals surface area contributed by atoms with Gasteiger partial charge in [-0.1, -0.05) is 12.8 Å². The van der Waals surface area contributed by atoms with E-state index < -0.39 is 0 Å². The van der Waals surface area contributed by atoms with Gasteiger partial charge >= 0.3 is 0 Å². The van der Waals surface area contributed by atoms with E-state index in [1.807, 2.05) is 11.3 Å². The highest BCUT2D eigenvalue weighted by Crippen LogP contribution is 2.38. The first-order valence-corrected chi connectivity index (χ1v) is 7.35. The maximum absolute atomic E-state index is 5.51. The predicted molar refractivity (Wildman–Crippen MR) is 73.7 cm³/mol. The molecule has 1 nitrogen and oxygen atoms in total. The summed E-state index contributed by atoms with van der Waals surface area (Å²) in [5, 5.41) is 3.57. The molecule has 0 amide bonds. The monoisotopic (exact) mass is 297 g/mol. The van der Waals surface area contributed by atoms with Gasteiger partial charge in [-0.05, 0) is 53.2 Å². The Morgan fingerprint density at radius 2 is 2.56 bits per heavy atom. The van der Waals surface area contributed by atoms with Crippen LogP contribution in [0.3, 0.4) is 0 Å². The fraction of sp³-hybridized carbons (Fsp3) is 0.538. The lowest BCUT2D eigenvalue weighted by molar-refractivity contribution is 0.431. The van der Waals surface area contributed by atoms with E-state index in [9.17, 15) is 0 Å². The van der Waals surface area contributed by atoms with E-state index in [2.05, 4.69) is 40.2 Å². The molecule has 1 aliphatic rings. The lowest BCUT2D eigenvalue weighted by Crippen LogP contribution is -2.32. The van der Waals surface area contributed by atoms with E-state index in [-0.39, 0.29) is 6.04 Å². The van der Waals surface area contributed by atoms with Crippen molar-refractivity contribution in [2.45, 2.75) is 44.7 Å². The van der Waals surface area contributed by atoms with Crippen molar-refractivity contribution < 1.29 is 0 Å². The van der Waals surface area contributed by atoms with Crippen molar-refractivity contribution >= 4 is 27.3 Å². The van der Waals surface area contributed by atoms with Crippen molar-refractivity contribution in [3.63, 3.8) is 0 Å². The third kappa shape index (κ3) is 2.51. The maximum atomic E-state index is 5.51. The van der Waals surface area contributed by atoms with Crippen LogP contribution in [0.2, 0.25) is 0 Å². The Morgan fingerprint density at radius 1 is 1.75 bits per heavy atom. The second kappa shape index (κ2) is 5.35. The minimum Gasteiger partial charge on any atom is -0.297 e. The highest BCUT2D eigenvalue weighted by Gasteiger charge is 2.23. The van der Waals surface area contributed by atoms with Gasteiger partial charge in [-0.3, -0.25) is 5.32 Å². The summed E-state index contributed by atoms with van der Waals surface area (Å²) in [4.78, 5) is 1.52. The Balaban J connectivity index is 2.15. The van der Waals surface area contributed by atoms with Crippen LogP contribution >= 0.6 is 27.3 Å². The first-order chi connectivity index (χ1) is 7.74. The van der Waals surface area contributed by atoms with Crippen LogP contribution in [0.1, 0.15) is 42.7 Å². The number of hydrogen-bond donors (Lipinski definition) is 1. The quantitative estimate of drug-likeness (QED) is 0.835. The predicted octanol–water partition coefficient (Wildman–Crippen LogP) is 3.89. The molecule has 0 fully saturated rings. The molecule has 0 aliphatic heterocycles. The zero-order valence-corrected chi connectivity index (χ0v) is 11.8. The van der Waals surface area contributed by atoms with E-state index in [0.29, 0.717) is 6.04 Å². The van der Waals surface area contributed by atoms with Crippen LogP contribution in [0.5, 0.6) is 0 Å². The third-order valence-corrected chi connectivity index (χ3v) is 4.81. The molecule has 0 saturated heterocycles. The molecular formula is C13H16BrNS. The Labute approximate surface area is 110 Å². The second-order valence-electron chi connectivity index (χ2n) is 4.17. The standard InChI is InChI=1S/C13H16BrNS/c1-3-9(4-2)15-11-6-5-7-12-10(11)8-13(14)16-12/h1,8-9,11,15H,4-7H2,2H3. The van der Waals surface area contributed by atoms with E-state index >= 15 is 0 Å². The molecule has 2 unspecified atom stereocenters. The maximum Gasteiger partial charge on any atom is 0.0704 e. The molecule has 0 spiro atoms. The van der Waals surface area contributed by atoms with Crippen molar-refractivity contribution in [3.8, 4) is 12.3 Å². The van der Waals surface area contributed by atoms with E-state index in [0.717, 1.165) is 6.42 Å². The minimum atomic E-state index is 0.203. The summed E-state index contributed by atoms with van der Waals surface area (Å²) in [7, 11) is 0. The van der Waals surface area contributed by atoms with Gasteiger partial charge in [0.05, 0.1) is 9.83 Å². The molecule has 1 aromatic heterocycles. The van der Waals surface area contributed by atoms with Gasteiger partial charge in [0.2, 0.25) is 0 Å². The van der Waals surface area contributed by atoms with Gasteiger partial charge in [0.1, 0.15) is 0 Å². The van der Waals surface area contributed by atoms with E-state index in [1.165, 1.54) is 33.5 Å². The van der Waals surface area contributed by atoms with Crippen LogP contribution in [-0.4, -0.2) is 6.04 Å². The van der Waals surface area contributed by atoms with Gasteiger partial charge in [0.15, 0.2) is 0 Å². The summed E-state index contributed by atoms with van der Waals surface area (Å²) in [6, 6.07) is 2.90. The molecule has 0 bridgehead atoms. The van der Waals surface area contributed by atoms with Crippen LogP contribution in [0.25, 0.3) is 0 Å². The Hall–Kier alpha value is -0.300. The molecule has 1 aliphatic carbocycles. The lowest BCUT2D eigenvalue weighted by atomic mass is 9.93. The molecule has 2 rings (SSSR count). The fourth-order valence-corrected chi connectivity index (χ4v) is 4.04. The zero-order chi connectivity index (χ0) is 11.5. The Bertz CT molecular complexity index is 405. The average Bonchev–Trinajstić information content (AvgIpc) is 2.67. The zero-order valence-electron chi connectivity index (χ0n) is 9.42. The summed E-state index contributed by atoms with van der Waals surface area (Å²) in [5.41, 5.74) is 1.46. The number of fused-ring (bicyclic) bond motifs is 1. The largest absolute Gasteiger partial charge is 0.297 e. The van der Waals surface area contributed by atoms with E-state index in [1.54, 1.807) is 0 Å². The van der Waals surface area contributed by atoms with Crippen molar-refractivity contribution in [2.24, 2.45) is 0 Å². The summed E-state index contributed by atoms with van der Waals surface area (Å²) < 4.78 is 1.24. The molecule has 16 heavy (non-hydrogen) atoms. The molecule has 1 heterocycles. The smallest absolute Gasteiger partial charge is 0.0704 e. The van der Waals surface area contributed by atoms with Crippen LogP contribution < -0.4 is 5.32 Å². The summed E-state index contributed by atoms with van der Waals surface area (Å²) in [5.74, 6) is 2.82. The van der Waals surface area contributed by atoms with E-state index in [4.69, 9.17) is 6.42 Å². The molecule has 0 aromatic carbocycles. The summed E-state index contributed by atoms with van der Waals surface area (Å²) in [6.07, 6.45) is 10.2. The van der Waals surface area contributed by atoms with Gasteiger partial charge < -0.3 is 0 Å². The number of halogens is 1. The van der Waals surface area contributed by atoms with Gasteiger partial charge in [-0.2, -0.15) is 0 Å². The second-order valence-corrected chi connectivity index (χ2v) is 6.68. The molecule has 1 aromatic rings. The molecule has 2 atom stereocenters. The number of nitrogens with one attached hydrogen (secondary N) is 1. The molecule has 1 N–H and O–H groups in total. The normalized spacial score (nSPS) is 21.2. The topological polar surface area (TPSA) is 12.0 Å². The van der Waals surface area contributed by atoms with Crippen LogP contribution in [-0.2, 0) is 6.42 Å². The SMILES string of the molecule is C#CC(CC)NC1CCCc2sc(Br)cc21. The molecule has 3 heteroatoms. The Kier molecular flexibility index (Phi) is 4.07. The van der Waals surface area contributed by atoms with Gasteiger partial charge in [0, 0.05) is 10.9 Å². The van der Waals surface area contributed by atoms with Crippen LogP contribution in [0, 0.1) is 12.3 Å². The fourth-order valence-electron chi connectivity index (χ4n) is 2.22. The third-order valence-electron chi connectivity index (χ3n) is 3.10. The van der Waals surface area contributed by atoms with Crippen LogP contribution in [0.15, 0.2) is 9.85 Å². The highest BCUT2D eigenvalue weighted by molar-refractivity contribution is 9.11. The number of hydrogen-bond acceptors (Lipinski definition) is 2. The van der Waals surface area contributed by atoms with Gasteiger partial charge in [-0.25, -0.2) is 0 Å². The molecular weight excluding hydrogens is 282 g/mol. The average molecular weight is 298 g/mol. The summed E-state index contributed by atoms with van der Waals surface area (Å²) >= 11 is 5.43. The van der Waals surface area contributed by atoms with Crippen molar-refractivity contribution in [1.82, 2.24) is 5.32 Å². The van der Waals surface area contributed by atoms with Gasteiger partial charge in [0.25, 0.3) is 0 Å². The molecule has 0 radical (unpaired) electrons. The number of aryl methyl sites for hydroxylation is 1. The van der Waals surface area contributed by atoms with Crippen molar-refractivity contribution in [2.75, 3.05) is 0 Å². The molecule has 86 valence electrons. The van der Waals surface area contributed by atoms with Gasteiger partial charge in [-0.15, -0.1) is 17.8 Å². The summed E-state index contributed by atoms with van der Waals surface area (Å²) in [6.45, 7) is 2.13. The number of terminal acetylenes is 1. The van der Waals surface area contributed by atoms with Crippen LogP contribution in [0.4, 0.5) is 0 Å². The van der Waals surface area contributed by atoms with Crippen molar-refractivity contribution in [3.05, 3.63) is 20.3 Å². The Morgan fingerprint density at radius 3 is 3.25 bits per heavy atom.